The van der Waals surface area contributed by atoms with Gasteiger partial charge in [0, 0.05) is 18.2 Å². The Balaban J connectivity index is 1.95. The van der Waals surface area contributed by atoms with E-state index in [1.165, 1.54) is 0 Å². The summed E-state index contributed by atoms with van der Waals surface area (Å²) in [5, 5.41) is 3.65. The first-order valence-electron chi connectivity index (χ1n) is 8.22. The molecule has 0 aliphatic rings. The number of imidazole rings is 1. The van der Waals surface area contributed by atoms with E-state index in [4.69, 9.17) is 10.5 Å². The highest BCUT2D eigenvalue weighted by atomic mass is 16.5. The van der Waals surface area contributed by atoms with Crippen molar-refractivity contribution < 1.29 is 4.74 Å². The van der Waals surface area contributed by atoms with E-state index in [9.17, 15) is 0 Å². The summed E-state index contributed by atoms with van der Waals surface area (Å²) in [7, 11) is 0. The van der Waals surface area contributed by atoms with E-state index < -0.39 is 0 Å². The Morgan fingerprint density at radius 3 is 2.70 bits per heavy atom. The van der Waals surface area contributed by atoms with Crippen molar-refractivity contribution in [2.24, 2.45) is 5.73 Å². The van der Waals surface area contributed by atoms with E-state index in [0.29, 0.717) is 13.2 Å². The Morgan fingerprint density at radius 2 is 2.04 bits per heavy atom. The molecule has 2 aromatic rings. The van der Waals surface area contributed by atoms with Crippen LogP contribution in [-0.2, 0) is 6.42 Å². The second-order valence-electron chi connectivity index (χ2n) is 6.40. The molecule has 5 nitrogen and oxygen atoms in total. The van der Waals surface area contributed by atoms with Crippen molar-refractivity contribution in [2.45, 2.75) is 45.3 Å². The highest BCUT2D eigenvalue weighted by molar-refractivity contribution is 5.21. The van der Waals surface area contributed by atoms with Gasteiger partial charge >= 0.3 is 0 Å². The van der Waals surface area contributed by atoms with Crippen LogP contribution in [0.2, 0.25) is 0 Å². The summed E-state index contributed by atoms with van der Waals surface area (Å²) in [5.74, 6) is 0.892. The van der Waals surface area contributed by atoms with Gasteiger partial charge in [-0.15, -0.1) is 0 Å². The first-order valence-corrected chi connectivity index (χ1v) is 8.22. The molecule has 0 spiro atoms. The number of hydrogen-bond donors (Lipinski definition) is 2. The minimum Gasteiger partial charge on any atom is -0.492 e. The van der Waals surface area contributed by atoms with Gasteiger partial charge in [0.2, 0.25) is 0 Å². The maximum Gasteiger partial charge on any atom is 0.119 e. The Bertz CT molecular complexity index is 580. The minimum atomic E-state index is -0.158. The van der Waals surface area contributed by atoms with Gasteiger partial charge in [0.05, 0.1) is 18.2 Å². The summed E-state index contributed by atoms with van der Waals surface area (Å²) in [6, 6.07) is 9.90. The van der Waals surface area contributed by atoms with Crippen molar-refractivity contribution >= 4 is 0 Å². The summed E-state index contributed by atoms with van der Waals surface area (Å²) >= 11 is 0. The first kappa shape index (κ1) is 17.5. The number of hydrogen-bond acceptors (Lipinski definition) is 4. The molecule has 0 saturated heterocycles. The molecule has 1 heterocycles. The quantitative estimate of drug-likeness (QED) is 0.746. The predicted molar refractivity (Wildman–Crippen MR) is 93.5 cm³/mol. The number of para-hydroxylation sites is 1. The van der Waals surface area contributed by atoms with E-state index in [1.807, 2.05) is 36.7 Å². The van der Waals surface area contributed by atoms with Crippen molar-refractivity contribution in [3.05, 3.63) is 48.5 Å². The molecule has 126 valence electrons. The van der Waals surface area contributed by atoms with Crippen molar-refractivity contribution in [2.75, 3.05) is 13.2 Å². The second-order valence-corrected chi connectivity index (χ2v) is 6.40. The fraction of sp³-hybridized carbons (Fsp3) is 0.500. The molecule has 0 bridgehead atoms. The van der Waals surface area contributed by atoms with Gasteiger partial charge in [-0.25, -0.2) is 4.98 Å². The molecule has 23 heavy (non-hydrogen) atoms. The van der Waals surface area contributed by atoms with Crippen LogP contribution in [0.15, 0.2) is 42.9 Å². The third kappa shape index (κ3) is 5.37. The van der Waals surface area contributed by atoms with Gasteiger partial charge in [-0.1, -0.05) is 25.1 Å². The van der Waals surface area contributed by atoms with Gasteiger partial charge in [0.15, 0.2) is 0 Å². The van der Waals surface area contributed by atoms with Crippen LogP contribution in [-0.4, -0.2) is 28.2 Å². The van der Waals surface area contributed by atoms with Crippen LogP contribution in [0.1, 0.15) is 39.1 Å². The SMILES string of the molecule is CCC(NC(C)(C)COc1ccccc1)n1cnc(CCN)c1. The maximum absolute atomic E-state index is 5.89. The van der Waals surface area contributed by atoms with Gasteiger partial charge in [-0.2, -0.15) is 0 Å². The summed E-state index contributed by atoms with van der Waals surface area (Å²) in [6.07, 6.45) is 5.91. The molecule has 1 aromatic carbocycles. The average molecular weight is 316 g/mol. The normalized spacial score (nSPS) is 13.0. The first-order chi connectivity index (χ1) is 11.0. The molecule has 2 rings (SSSR count). The zero-order valence-electron chi connectivity index (χ0n) is 14.3. The average Bonchev–Trinajstić information content (AvgIpc) is 3.01. The summed E-state index contributed by atoms with van der Waals surface area (Å²) in [6.45, 7) is 7.68. The predicted octanol–water partition coefficient (Wildman–Crippen LogP) is 2.74. The summed E-state index contributed by atoms with van der Waals surface area (Å²) in [4.78, 5) is 4.41. The van der Waals surface area contributed by atoms with Crippen molar-refractivity contribution in [3.63, 3.8) is 0 Å². The molecule has 0 saturated carbocycles. The van der Waals surface area contributed by atoms with E-state index in [1.54, 1.807) is 0 Å². The molecule has 0 amide bonds. The standard InChI is InChI=1S/C18H28N4O/c1-4-17(22-12-15(10-11-19)20-14-22)21-18(2,3)13-23-16-8-6-5-7-9-16/h5-9,12,14,17,21H,4,10-11,13,19H2,1-3H3. The number of aromatic nitrogens is 2. The van der Waals surface area contributed by atoms with Crippen LogP contribution in [0.5, 0.6) is 5.75 Å². The number of ether oxygens (including phenoxy) is 1. The van der Waals surface area contributed by atoms with Gasteiger partial charge in [0.25, 0.3) is 0 Å². The van der Waals surface area contributed by atoms with E-state index in [2.05, 4.69) is 41.8 Å². The molecular formula is C18H28N4O. The molecular weight excluding hydrogens is 288 g/mol. The number of benzene rings is 1. The molecule has 3 N–H and O–H groups in total. The number of nitrogens with zero attached hydrogens (tertiary/aromatic N) is 2. The lowest BCUT2D eigenvalue weighted by atomic mass is 10.1. The van der Waals surface area contributed by atoms with Crippen molar-refractivity contribution in [1.82, 2.24) is 14.9 Å². The highest BCUT2D eigenvalue weighted by Crippen LogP contribution is 2.17. The summed E-state index contributed by atoms with van der Waals surface area (Å²) < 4.78 is 8.01. The van der Waals surface area contributed by atoms with Gasteiger partial charge in [-0.3, -0.25) is 5.32 Å². The number of nitrogens with one attached hydrogen (secondary N) is 1. The molecule has 0 radical (unpaired) electrons. The monoisotopic (exact) mass is 316 g/mol. The number of nitrogens with two attached hydrogens (primary N) is 1. The van der Waals surface area contributed by atoms with Gasteiger partial charge in [0.1, 0.15) is 12.4 Å². The lowest BCUT2D eigenvalue weighted by Gasteiger charge is -2.32. The van der Waals surface area contributed by atoms with E-state index >= 15 is 0 Å². The molecule has 0 aliphatic heterocycles. The fourth-order valence-corrected chi connectivity index (χ4v) is 2.49. The fourth-order valence-electron chi connectivity index (χ4n) is 2.49. The topological polar surface area (TPSA) is 65.1 Å². The molecule has 1 unspecified atom stereocenters. The Kier molecular flexibility index (Phi) is 6.19. The Morgan fingerprint density at radius 1 is 1.30 bits per heavy atom. The van der Waals surface area contributed by atoms with Crippen LogP contribution < -0.4 is 15.8 Å². The van der Waals surface area contributed by atoms with Crippen LogP contribution in [0.3, 0.4) is 0 Å². The highest BCUT2D eigenvalue weighted by Gasteiger charge is 2.23. The lowest BCUT2D eigenvalue weighted by molar-refractivity contribution is 0.173. The summed E-state index contributed by atoms with van der Waals surface area (Å²) in [5.41, 5.74) is 6.47. The Hall–Kier alpha value is -1.85. The molecule has 0 fully saturated rings. The van der Waals surface area contributed by atoms with Crippen LogP contribution in [0.4, 0.5) is 0 Å². The smallest absolute Gasteiger partial charge is 0.119 e. The van der Waals surface area contributed by atoms with Gasteiger partial charge in [-0.05, 0) is 38.9 Å². The maximum atomic E-state index is 5.89. The molecule has 5 heteroatoms. The van der Waals surface area contributed by atoms with Crippen LogP contribution in [0.25, 0.3) is 0 Å². The third-order valence-electron chi connectivity index (χ3n) is 3.70. The zero-order valence-corrected chi connectivity index (χ0v) is 14.3. The Labute approximate surface area is 138 Å². The number of rotatable bonds is 9. The minimum absolute atomic E-state index is 0.158. The molecule has 0 aliphatic carbocycles. The second kappa shape index (κ2) is 8.13. The zero-order chi connectivity index (χ0) is 16.7. The van der Waals surface area contributed by atoms with Gasteiger partial charge < -0.3 is 15.0 Å². The van der Waals surface area contributed by atoms with Crippen LogP contribution >= 0.6 is 0 Å². The molecule has 1 aromatic heterocycles. The third-order valence-corrected chi connectivity index (χ3v) is 3.70. The lowest BCUT2D eigenvalue weighted by Crippen LogP contribution is -2.47. The van der Waals surface area contributed by atoms with E-state index in [0.717, 1.165) is 24.3 Å². The molecule has 1 atom stereocenters. The van der Waals surface area contributed by atoms with Crippen molar-refractivity contribution in [3.8, 4) is 5.75 Å². The van der Waals surface area contributed by atoms with Crippen LogP contribution in [0, 0.1) is 0 Å². The van der Waals surface area contributed by atoms with E-state index in [-0.39, 0.29) is 11.7 Å². The largest absolute Gasteiger partial charge is 0.492 e. The van der Waals surface area contributed by atoms with Crippen molar-refractivity contribution in [1.29, 1.82) is 0 Å².